The molecule has 1 aliphatic rings. The van der Waals surface area contributed by atoms with Crippen molar-refractivity contribution in [2.24, 2.45) is 7.05 Å². The van der Waals surface area contributed by atoms with Crippen LogP contribution in [0.2, 0.25) is 0 Å². The second-order valence-electron chi connectivity index (χ2n) is 5.16. The molecule has 1 saturated heterocycles. The minimum absolute atomic E-state index is 0.0566. The summed E-state index contributed by atoms with van der Waals surface area (Å²) in [5, 5.41) is 15.8. The van der Waals surface area contributed by atoms with E-state index in [0.717, 1.165) is 13.1 Å². The predicted molar refractivity (Wildman–Crippen MR) is 74.4 cm³/mol. The van der Waals surface area contributed by atoms with Gasteiger partial charge in [0.15, 0.2) is 5.69 Å². The van der Waals surface area contributed by atoms with E-state index < -0.39 is 11.9 Å². The van der Waals surface area contributed by atoms with E-state index in [2.05, 4.69) is 15.3 Å². The Kier molecular flexibility index (Phi) is 4.92. The molecule has 0 aliphatic carbocycles. The monoisotopic (exact) mass is 296 g/mol. The summed E-state index contributed by atoms with van der Waals surface area (Å²) in [6.45, 7) is 5.66. The number of carbonyl (C=O) groups excluding carboxylic acids is 1. The highest BCUT2D eigenvalue weighted by Crippen LogP contribution is 2.07. The van der Waals surface area contributed by atoms with Crippen molar-refractivity contribution in [2.75, 3.05) is 32.8 Å². The quantitative estimate of drug-likeness (QED) is 0.765. The first kappa shape index (κ1) is 15.5. The lowest BCUT2D eigenvalue weighted by Crippen LogP contribution is -2.46. The van der Waals surface area contributed by atoms with Crippen LogP contribution in [0.3, 0.4) is 0 Å². The Morgan fingerprint density at radius 2 is 2.14 bits per heavy atom. The molecule has 2 heterocycles. The van der Waals surface area contributed by atoms with Crippen molar-refractivity contribution in [1.29, 1.82) is 0 Å². The minimum Gasteiger partial charge on any atom is -0.478 e. The Morgan fingerprint density at radius 3 is 2.76 bits per heavy atom. The molecular formula is C13H20N4O4. The number of hydrogen-bond acceptors (Lipinski definition) is 5. The summed E-state index contributed by atoms with van der Waals surface area (Å²) in [4.78, 5) is 25.4. The number of aromatic carboxylic acids is 1. The average Bonchev–Trinajstić information content (AvgIpc) is 2.82. The Labute approximate surface area is 122 Å². The van der Waals surface area contributed by atoms with Crippen molar-refractivity contribution in [2.45, 2.75) is 13.0 Å². The normalized spacial score (nSPS) is 17.4. The van der Waals surface area contributed by atoms with Crippen molar-refractivity contribution in [3.63, 3.8) is 0 Å². The zero-order chi connectivity index (χ0) is 15.4. The third-order valence-corrected chi connectivity index (χ3v) is 3.29. The Balaban J connectivity index is 1.95. The van der Waals surface area contributed by atoms with Crippen LogP contribution >= 0.6 is 0 Å². The number of carbonyl (C=O) groups is 2. The van der Waals surface area contributed by atoms with Gasteiger partial charge in [-0.25, -0.2) is 4.79 Å². The summed E-state index contributed by atoms with van der Waals surface area (Å²) in [7, 11) is 1.58. The number of aromatic nitrogens is 2. The number of hydrogen-bond donors (Lipinski definition) is 2. The third kappa shape index (κ3) is 4.02. The van der Waals surface area contributed by atoms with Crippen LogP contribution in [0.25, 0.3) is 0 Å². The minimum atomic E-state index is -1.16. The van der Waals surface area contributed by atoms with Crippen LogP contribution < -0.4 is 5.32 Å². The number of amides is 1. The topological polar surface area (TPSA) is 96.7 Å². The summed E-state index contributed by atoms with van der Waals surface area (Å²) in [6, 6.07) is -0.0979. The summed E-state index contributed by atoms with van der Waals surface area (Å²) in [5.41, 5.74) is -0.146. The largest absolute Gasteiger partial charge is 0.478 e. The van der Waals surface area contributed by atoms with Gasteiger partial charge >= 0.3 is 5.97 Å². The van der Waals surface area contributed by atoms with Crippen molar-refractivity contribution >= 4 is 11.9 Å². The van der Waals surface area contributed by atoms with Gasteiger partial charge in [0.05, 0.1) is 13.2 Å². The summed E-state index contributed by atoms with van der Waals surface area (Å²) >= 11 is 0. The Hall–Kier alpha value is -1.93. The Morgan fingerprint density at radius 1 is 1.48 bits per heavy atom. The highest BCUT2D eigenvalue weighted by atomic mass is 16.5. The number of aryl methyl sites for hydroxylation is 1. The fourth-order valence-electron chi connectivity index (χ4n) is 2.32. The molecule has 1 amide bonds. The first-order valence-electron chi connectivity index (χ1n) is 6.85. The van der Waals surface area contributed by atoms with Crippen LogP contribution in [0, 0.1) is 0 Å². The second kappa shape index (κ2) is 6.68. The number of nitrogens with one attached hydrogen (secondary N) is 1. The number of carboxylic acid groups (broad SMARTS) is 1. The maximum Gasteiger partial charge on any atom is 0.339 e. The first-order chi connectivity index (χ1) is 9.97. The van der Waals surface area contributed by atoms with E-state index in [1.165, 1.54) is 10.9 Å². The average molecular weight is 296 g/mol. The van der Waals surface area contributed by atoms with Crippen LogP contribution in [0.4, 0.5) is 0 Å². The molecule has 116 valence electrons. The molecule has 2 N–H and O–H groups in total. The predicted octanol–water partition coefficient (Wildman–Crippen LogP) is -0.431. The molecule has 1 fully saturated rings. The highest BCUT2D eigenvalue weighted by Gasteiger charge is 2.23. The molecule has 8 nitrogen and oxygen atoms in total. The third-order valence-electron chi connectivity index (χ3n) is 3.29. The van der Waals surface area contributed by atoms with E-state index in [1.807, 2.05) is 6.92 Å². The van der Waals surface area contributed by atoms with E-state index >= 15 is 0 Å². The van der Waals surface area contributed by atoms with Crippen LogP contribution in [-0.4, -0.2) is 70.6 Å². The van der Waals surface area contributed by atoms with Crippen molar-refractivity contribution < 1.29 is 19.4 Å². The molecule has 2 rings (SSSR count). The number of rotatable bonds is 5. The summed E-state index contributed by atoms with van der Waals surface area (Å²) in [6.07, 6.45) is 1.32. The maximum absolute atomic E-state index is 12.1. The molecule has 1 aromatic heterocycles. The van der Waals surface area contributed by atoms with Crippen molar-refractivity contribution in [3.05, 3.63) is 17.5 Å². The van der Waals surface area contributed by atoms with Crippen LogP contribution in [0.1, 0.15) is 27.8 Å². The molecule has 0 spiro atoms. The van der Waals surface area contributed by atoms with Gasteiger partial charge in [0.2, 0.25) is 0 Å². The van der Waals surface area contributed by atoms with Gasteiger partial charge in [0, 0.05) is 38.9 Å². The van der Waals surface area contributed by atoms with E-state index in [1.54, 1.807) is 7.05 Å². The molecule has 0 bridgehead atoms. The molecule has 0 aromatic carbocycles. The van der Waals surface area contributed by atoms with Gasteiger partial charge in [-0.1, -0.05) is 0 Å². The molecule has 0 unspecified atom stereocenters. The number of morpholine rings is 1. The molecule has 1 atom stereocenters. The summed E-state index contributed by atoms with van der Waals surface area (Å²) < 4.78 is 6.59. The van der Waals surface area contributed by atoms with E-state index in [9.17, 15) is 9.59 Å². The molecule has 1 aliphatic heterocycles. The van der Waals surface area contributed by atoms with Gasteiger partial charge in [-0.2, -0.15) is 5.10 Å². The van der Waals surface area contributed by atoms with E-state index in [-0.39, 0.29) is 17.3 Å². The van der Waals surface area contributed by atoms with E-state index in [0.29, 0.717) is 19.8 Å². The lowest BCUT2D eigenvalue weighted by molar-refractivity contribution is 0.0342. The molecule has 0 radical (unpaired) electrons. The van der Waals surface area contributed by atoms with Crippen molar-refractivity contribution in [3.8, 4) is 0 Å². The molecule has 1 aromatic rings. The van der Waals surface area contributed by atoms with Crippen molar-refractivity contribution in [1.82, 2.24) is 20.0 Å². The molecular weight excluding hydrogens is 276 g/mol. The van der Waals surface area contributed by atoms with Crippen LogP contribution in [0.15, 0.2) is 6.20 Å². The maximum atomic E-state index is 12.1. The van der Waals surface area contributed by atoms with Gasteiger partial charge in [-0.15, -0.1) is 0 Å². The highest BCUT2D eigenvalue weighted by molar-refractivity contribution is 6.03. The lowest BCUT2D eigenvalue weighted by Gasteiger charge is -2.29. The molecule has 21 heavy (non-hydrogen) atoms. The van der Waals surface area contributed by atoms with Gasteiger partial charge in [-0.05, 0) is 6.92 Å². The fourth-order valence-corrected chi connectivity index (χ4v) is 2.32. The van der Waals surface area contributed by atoms with E-state index in [4.69, 9.17) is 9.84 Å². The van der Waals surface area contributed by atoms with Gasteiger partial charge in [0.25, 0.3) is 5.91 Å². The summed E-state index contributed by atoms with van der Waals surface area (Å²) in [5.74, 6) is -1.62. The Bertz CT molecular complexity index is 522. The number of carboxylic acids is 1. The van der Waals surface area contributed by atoms with Gasteiger partial charge in [-0.3, -0.25) is 14.4 Å². The number of ether oxygens (including phenoxy) is 1. The van der Waals surface area contributed by atoms with Gasteiger partial charge in [0.1, 0.15) is 5.56 Å². The number of nitrogens with zero attached hydrogens (tertiary/aromatic N) is 3. The fraction of sp³-hybridized carbons (Fsp3) is 0.615. The standard InChI is InChI=1S/C13H20N4O4/c1-9(7-17-3-5-21-6-4-17)14-12(18)11-10(13(19)20)8-16(2)15-11/h8-9H,3-7H2,1-2H3,(H,14,18)(H,19,20)/t9-/m1/s1. The lowest BCUT2D eigenvalue weighted by atomic mass is 10.2. The molecule has 0 saturated carbocycles. The molecule has 8 heteroatoms. The smallest absolute Gasteiger partial charge is 0.339 e. The second-order valence-corrected chi connectivity index (χ2v) is 5.16. The van der Waals surface area contributed by atoms with Crippen LogP contribution in [-0.2, 0) is 11.8 Å². The zero-order valence-corrected chi connectivity index (χ0v) is 12.2. The van der Waals surface area contributed by atoms with Crippen LogP contribution in [0.5, 0.6) is 0 Å². The first-order valence-corrected chi connectivity index (χ1v) is 6.85. The SMILES string of the molecule is C[C@H](CN1CCOCC1)NC(=O)c1nn(C)cc1C(=O)O. The zero-order valence-electron chi connectivity index (χ0n) is 12.2. The van der Waals surface area contributed by atoms with Gasteiger partial charge < -0.3 is 15.2 Å².